The summed E-state index contributed by atoms with van der Waals surface area (Å²) in [7, 11) is 1.79. The van der Waals surface area contributed by atoms with Crippen molar-refractivity contribution in [3.05, 3.63) is 33.1 Å². The number of thiazole rings is 1. The highest BCUT2D eigenvalue weighted by Crippen LogP contribution is 2.15. The quantitative estimate of drug-likeness (QED) is 0.264. The van der Waals surface area contributed by atoms with Crippen molar-refractivity contribution in [1.29, 1.82) is 0 Å². The molecule has 0 bridgehead atoms. The maximum atomic E-state index is 5.40. The number of nitrogens with one attached hydrogen (secondary N) is 2. The molecule has 2 heterocycles. The number of aliphatic imine (C=N–C) groups is 1. The van der Waals surface area contributed by atoms with Gasteiger partial charge >= 0.3 is 0 Å². The van der Waals surface area contributed by atoms with Crippen LogP contribution in [0.4, 0.5) is 0 Å². The summed E-state index contributed by atoms with van der Waals surface area (Å²) in [5.41, 5.74) is 3.28. The lowest BCUT2D eigenvalue weighted by Crippen LogP contribution is -2.37. The van der Waals surface area contributed by atoms with E-state index in [1.807, 2.05) is 6.92 Å². The largest absolute Gasteiger partial charge is 0.361 e. The molecule has 2 aromatic rings. The Bertz CT molecular complexity index is 646. The Morgan fingerprint density at radius 3 is 2.68 bits per heavy atom. The summed E-state index contributed by atoms with van der Waals surface area (Å²) >= 11 is 1.73. The van der Waals surface area contributed by atoms with Gasteiger partial charge in [-0.3, -0.25) is 4.99 Å². The highest BCUT2D eigenvalue weighted by atomic mass is 127. The smallest absolute Gasteiger partial charge is 0.191 e. The number of halogens is 1. The average Bonchev–Trinajstić information content (AvgIpc) is 3.19. The zero-order valence-corrected chi connectivity index (χ0v) is 18.5. The summed E-state index contributed by atoms with van der Waals surface area (Å²) in [5.74, 6) is 1.75. The van der Waals surface area contributed by atoms with Crippen LogP contribution < -0.4 is 10.6 Å². The van der Waals surface area contributed by atoms with Crippen LogP contribution in [0.25, 0.3) is 0 Å². The first-order valence-corrected chi connectivity index (χ1v) is 9.37. The van der Waals surface area contributed by atoms with Gasteiger partial charge in [0.25, 0.3) is 0 Å². The molecule has 8 heteroatoms. The Balaban J connectivity index is 0.00000312. The molecule has 6 nitrogen and oxygen atoms in total. The van der Waals surface area contributed by atoms with Crippen LogP contribution in [-0.2, 0) is 25.8 Å². The van der Waals surface area contributed by atoms with Gasteiger partial charge in [0.05, 0.1) is 10.7 Å². The molecule has 0 atom stereocenters. The van der Waals surface area contributed by atoms with E-state index in [4.69, 9.17) is 4.52 Å². The molecule has 2 rings (SSSR count). The van der Waals surface area contributed by atoms with Crippen LogP contribution in [0.2, 0.25) is 0 Å². The van der Waals surface area contributed by atoms with Crippen molar-refractivity contribution in [3.63, 3.8) is 0 Å². The Morgan fingerprint density at radius 1 is 1.28 bits per heavy atom. The number of nitrogens with zero attached hydrogens (tertiary/aromatic N) is 3. The predicted octanol–water partition coefficient (Wildman–Crippen LogP) is 3.48. The third kappa shape index (κ3) is 6.58. The molecule has 140 valence electrons. The molecule has 0 spiro atoms. The first-order valence-electron chi connectivity index (χ1n) is 8.49. The fourth-order valence-corrected chi connectivity index (χ4v) is 3.31. The van der Waals surface area contributed by atoms with Gasteiger partial charge in [0, 0.05) is 49.6 Å². The average molecular weight is 477 g/mol. The highest BCUT2D eigenvalue weighted by Gasteiger charge is 2.13. The molecule has 0 amide bonds. The van der Waals surface area contributed by atoms with Gasteiger partial charge in [-0.25, -0.2) is 4.98 Å². The lowest BCUT2D eigenvalue weighted by Gasteiger charge is -2.12. The lowest BCUT2D eigenvalue weighted by atomic mass is 10.1. The summed E-state index contributed by atoms with van der Waals surface area (Å²) in [4.78, 5) is 8.76. The zero-order valence-electron chi connectivity index (χ0n) is 15.4. The number of aromatic nitrogens is 2. The van der Waals surface area contributed by atoms with Gasteiger partial charge in [0.1, 0.15) is 5.76 Å². The van der Waals surface area contributed by atoms with Gasteiger partial charge in [-0.2, -0.15) is 0 Å². The van der Waals surface area contributed by atoms with Gasteiger partial charge < -0.3 is 15.2 Å². The predicted molar refractivity (Wildman–Crippen MR) is 114 cm³/mol. The van der Waals surface area contributed by atoms with Gasteiger partial charge in [0.15, 0.2) is 5.96 Å². The van der Waals surface area contributed by atoms with Crippen molar-refractivity contribution < 1.29 is 4.52 Å². The molecule has 0 radical (unpaired) electrons. The Morgan fingerprint density at radius 2 is 2.08 bits per heavy atom. The molecule has 0 fully saturated rings. The molecule has 0 unspecified atom stereocenters. The van der Waals surface area contributed by atoms with Crippen LogP contribution in [0.1, 0.15) is 48.0 Å². The fraction of sp³-hybridized carbons (Fsp3) is 0.588. The number of rotatable bonds is 8. The first-order chi connectivity index (χ1) is 11.7. The molecule has 2 N–H and O–H groups in total. The molecule has 0 saturated carbocycles. The van der Waals surface area contributed by atoms with Crippen LogP contribution >= 0.6 is 35.3 Å². The van der Waals surface area contributed by atoms with E-state index >= 15 is 0 Å². The number of guanidine groups is 1. The molecular weight excluding hydrogens is 449 g/mol. The summed E-state index contributed by atoms with van der Waals surface area (Å²) in [5, 5.41) is 14.1. The maximum absolute atomic E-state index is 5.40. The van der Waals surface area contributed by atoms with Crippen molar-refractivity contribution >= 4 is 41.3 Å². The molecule has 0 aliphatic heterocycles. The molecule has 2 aromatic heterocycles. The van der Waals surface area contributed by atoms with Crippen molar-refractivity contribution in [1.82, 2.24) is 20.8 Å². The number of aryl methyl sites for hydroxylation is 4. The van der Waals surface area contributed by atoms with E-state index in [1.54, 1.807) is 18.4 Å². The second-order valence-corrected chi connectivity index (χ2v) is 6.52. The van der Waals surface area contributed by atoms with Crippen molar-refractivity contribution in [3.8, 4) is 0 Å². The van der Waals surface area contributed by atoms with E-state index in [1.165, 1.54) is 5.01 Å². The SMILES string of the molecule is CCc1noc(CC)c1CNC(=NC)NCCCc1nc(C)cs1.I. The van der Waals surface area contributed by atoms with Gasteiger partial charge in [-0.1, -0.05) is 19.0 Å². The van der Waals surface area contributed by atoms with E-state index < -0.39 is 0 Å². The molecule has 0 aliphatic rings. The summed E-state index contributed by atoms with van der Waals surface area (Å²) < 4.78 is 5.40. The van der Waals surface area contributed by atoms with E-state index in [2.05, 4.69) is 45.0 Å². The fourth-order valence-electron chi connectivity index (χ4n) is 2.49. The summed E-state index contributed by atoms with van der Waals surface area (Å²) in [6.45, 7) is 7.75. The Kier molecular flexibility index (Phi) is 10.0. The third-order valence-corrected chi connectivity index (χ3v) is 4.82. The van der Waals surface area contributed by atoms with Crippen LogP contribution in [0.5, 0.6) is 0 Å². The molecule has 0 aliphatic carbocycles. The van der Waals surface area contributed by atoms with Crippen LogP contribution in [-0.4, -0.2) is 29.7 Å². The molecule has 0 saturated heterocycles. The number of hydrogen-bond acceptors (Lipinski definition) is 5. The minimum Gasteiger partial charge on any atom is -0.361 e. The van der Waals surface area contributed by atoms with Crippen molar-refractivity contribution in [2.75, 3.05) is 13.6 Å². The monoisotopic (exact) mass is 477 g/mol. The standard InChI is InChI=1S/C17H27N5OS.HI/c1-5-14-13(15(6-2)23-22-14)10-20-17(18-4)19-9-7-8-16-21-12(3)11-24-16;/h11H,5-10H2,1-4H3,(H2,18,19,20);1H. The highest BCUT2D eigenvalue weighted by molar-refractivity contribution is 14.0. The zero-order chi connectivity index (χ0) is 17.4. The van der Waals surface area contributed by atoms with Gasteiger partial charge in [-0.15, -0.1) is 35.3 Å². The lowest BCUT2D eigenvalue weighted by molar-refractivity contribution is 0.380. The van der Waals surface area contributed by atoms with Crippen molar-refractivity contribution in [2.45, 2.75) is 53.0 Å². The second kappa shape index (κ2) is 11.5. The van der Waals surface area contributed by atoms with E-state index in [0.717, 1.165) is 60.9 Å². The number of hydrogen-bond donors (Lipinski definition) is 2. The normalized spacial score (nSPS) is 11.3. The molecule has 0 aromatic carbocycles. The van der Waals surface area contributed by atoms with Gasteiger partial charge in [0.2, 0.25) is 0 Å². The van der Waals surface area contributed by atoms with Crippen LogP contribution in [0.3, 0.4) is 0 Å². The first kappa shape index (κ1) is 21.9. The van der Waals surface area contributed by atoms with E-state index in [-0.39, 0.29) is 24.0 Å². The van der Waals surface area contributed by atoms with Crippen molar-refractivity contribution in [2.24, 2.45) is 4.99 Å². The summed E-state index contributed by atoms with van der Waals surface area (Å²) in [6, 6.07) is 0. The Labute approximate surface area is 170 Å². The van der Waals surface area contributed by atoms with Crippen LogP contribution in [0.15, 0.2) is 14.9 Å². The second-order valence-electron chi connectivity index (χ2n) is 5.58. The molecular formula is C17H28IN5OS. The minimum absolute atomic E-state index is 0. The van der Waals surface area contributed by atoms with E-state index in [9.17, 15) is 0 Å². The van der Waals surface area contributed by atoms with Crippen LogP contribution in [0, 0.1) is 6.92 Å². The van der Waals surface area contributed by atoms with E-state index in [0.29, 0.717) is 6.54 Å². The topological polar surface area (TPSA) is 75.3 Å². The maximum Gasteiger partial charge on any atom is 0.191 e. The van der Waals surface area contributed by atoms with Gasteiger partial charge in [-0.05, 0) is 19.8 Å². The Hall–Kier alpha value is -1.16. The molecule has 25 heavy (non-hydrogen) atoms. The minimum atomic E-state index is 0. The summed E-state index contributed by atoms with van der Waals surface area (Å²) in [6.07, 6.45) is 3.75. The third-order valence-electron chi connectivity index (χ3n) is 3.79.